The van der Waals surface area contributed by atoms with E-state index in [4.69, 9.17) is 0 Å². The number of hydrogen-bond acceptors (Lipinski definition) is 1. The van der Waals surface area contributed by atoms with Gasteiger partial charge in [0.25, 0.3) is 5.91 Å². The minimum absolute atomic E-state index is 0.0804. The van der Waals surface area contributed by atoms with E-state index in [0.29, 0.717) is 6.04 Å². The van der Waals surface area contributed by atoms with E-state index in [1.165, 1.54) is 10.5 Å². The Morgan fingerprint density at radius 3 is 2.25 bits per heavy atom. The van der Waals surface area contributed by atoms with E-state index in [9.17, 15) is 4.79 Å². The zero-order chi connectivity index (χ0) is 19.2. The number of rotatable bonds is 7. The van der Waals surface area contributed by atoms with Crippen LogP contribution in [0.25, 0.3) is 6.08 Å². The van der Waals surface area contributed by atoms with Crippen molar-refractivity contribution in [3.63, 3.8) is 0 Å². The summed E-state index contributed by atoms with van der Waals surface area (Å²) in [4.78, 5) is 16.0. The third-order valence-corrected chi connectivity index (χ3v) is 5.84. The topological polar surface area (TPSA) is 38.0 Å². The molecule has 0 bridgehead atoms. The summed E-state index contributed by atoms with van der Waals surface area (Å²) in [5, 5.41) is 3.24. The van der Waals surface area contributed by atoms with Gasteiger partial charge in [0.05, 0.1) is 6.54 Å². The molecule has 146 valence electrons. The van der Waals surface area contributed by atoms with Crippen LogP contribution in [-0.4, -0.2) is 44.7 Å². The molecule has 2 aromatic rings. The van der Waals surface area contributed by atoms with E-state index in [-0.39, 0.29) is 11.9 Å². The number of quaternary nitrogens is 2. The largest absolute Gasteiger partial charge is 0.348 e. The van der Waals surface area contributed by atoms with E-state index in [1.54, 1.807) is 4.90 Å². The summed E-state index contributed by atoms with van der Waals surface area (Å²) < 4.78 is 0. The minimum Gasteiger partial charge on any atom is -0.348 e. The number of nitrogens with one attached hydrogen (secondary N) is 3. The molecule has 1 aliphatic carbocycles. The van der Waals surface area contributed by atoms with Crippen LogP contribution >= 0.6 is 0 Å². The number of carbonyl (C=O) groups is 1. The molecule has 4 nitrogen and oxygen atoms in total. The maximum atomic E-state index is 13.0. The molecule has 1 aliphatic heterocycles. The van der Waals surface area contributed by atoms with Crippen molar-refractivity contribution in [1.82, 2.24) is 5.32 Å². The van der Waals surface area contributed by atoms with E-state index >= 15 is 0 Å². The van der Waals surface area contributed by atoms with E-state index < -0.39 is 0 Å². The van der Waals surface area contributed by atoms with E-state index in [0.717, 1.165) is 51.1 Å². The number of benzene rings is 2. The standard InChI is InChI=1S/C24H29N3O/c28-24(25-22-13-14-22)23(21-11-5-2-6-12-21)27-18-16-26(17-19-27)15-7-10-20-8-3-1-4-9-20/h1-12,22-23H,13-19H2,(H,25,28)/p+2/b10-7+/t23-/m0/s1. The van der Waals surface area contributed by atoms with Crippen molar-refractivity contribution in [1.29, 1.82) is 0 Å². The van der Waals surface area contributed by atoms with E-state index in [1.807, 2.05) is 24.3 Å². The molecule has 1 heterocycles. The first-order chi connectivity index (χ1) is 13.8. The van der Waals surface area contributed by atoms with Crippen molar-refractivity contribution in [3.05, 3.63) is 77.9 Å². The fourth-order valence-electron chi connectivity index (χ4n) is 4.07. The maximum absolute atomic E-state index is 13.0. The third-order valence-electron chi connectivity index (χ3n) is 5.84. The quantitative estimate of drug-likeness (QED) is 0.646. The van der Waals surface area contributed by atoms with Crippen LogP contribution < -0.4 is 15.1 Å². The van der Waals surface area contributed by atoms with E-state index in [2.05, 4.69) is 53.9 Å². The van der Waals surface area contributed by atoms with Crippen molar-refractivity contribution < 1.29 is 14.6 Å². The molecular weight excluding hydrogens is 346 g/mol. The Kier molecular flexibility index (Phi) is 6.20. The Balaban J connectivity index is 1.34. The molecular formula is C24H31N3O+2. The first kappa shape index (κ1) is 18.9. The van der Waals surface area contributed by atoms with Crippen LogP contribution in [-0.2, 0) is 4.79 Å². The van der Waals surface area contributed by atoms with Gasteiger partial charge in [-0.25, -0.2) is 0 Å². The van der Waals surface area contributed by atoms with Crippen molar-refractivity contribution in [3.8, 4) is 0 Å². The van der Waals surface area contributed by atoms with Gasteiger partial charge in [-0.3, -0.25) is 4.79 Å². The van der Waals surface area contributed by atoms with Crippen molar-refractivity contribution in [2.75, 3.05) is 32.7 Å². The fourth-order valence-corrected chi connectivity index (χ4v) is 4.07. The van der Waals surface area contributed by atoms with Gasteiger partial charge >= 0.3 is 0 Å². The highest BCUT2D eigenvalue weighted by atomic mass is 16.2. The Bertz CT molecular complexity index is 778. The lowest BCUT2D eigenvalue weighted by atomic mass is 10.0. The van der Waals surface area contributed by atoms with Gasteiger partial charge < -0.3 is 15.1 Å². The second-order valence-corrected chi connectivity index (χ2v) is 8.05. The second kappa shape index (κ2) is 9.18. The molecule has 1 atom stereocenters. The molecule has 0 unspecified atom stereocenters. The summed E-state index contributed by atoms with van der Waals surface area (Å²) >= 11 is 0. The number of carbonyl (C=O) groups excluding carboxylic acids is 1. The summed E-state index contributed by atoms with van der Waals surface area (Å²) in [7, 11) is 0. The Labute approximate surface area is 167 Å². The van der Waals surface area contributed by atoms with Crippen LogP contribution in [0.2, 0.25) is 0 Å². The average Bonchev–Trinajstić information content (AvgIpc) is 3.55. The first-order valence-electron chi connectivity index (χ1n) is 10.5. The number of piperazine rings is 1. The molecule has 1 saturated heterocycles. The average molecular weight is 378 g/mol. The van der Waals surface area contributed by atoms with Crippen LogP contribution in [0.1, 0.15) is 30.0 Å². The number of hydrogen-bond donors (Lipinski definition) is 3. The summed E-state index contributed by atoms with van der Waals surface area (Å²) in [5.41, 5.74) is 2.40. The van der Waals surface area contributed by atoms with Gasteiger partial charge in [-0.05, 0) is 24.5 Å². The highest BCUT2D eigenvalue weighted by Gasteiger charge is 2.37. The van der Waals surface area contributed by atoms with Crippen molar-refractivity contribution in [2.45, 2.75) is 24.9 Å². The molecule has 0 radical (unpaired) electrons. The maximum Gasteiger partial charge on any atom is 0.283 e. The molecule has 0 aromatic heterocycles. The lowest BCUT2D eigenvalue weighted by Crippen LogP contribution is -3.28. The van der Waals surface area contributed by atoms with Crippen LogP contribution in [0.15, 0.2) is 66.7 Å². The monoisotopic (exact) mass is 377 g/mol. The van der Waals surface area contributed by atoms with Crippen molar-refractivity contribution in [2.24, 2.45) is 0 Å². The zero-order valence-electron chi connectivity index (χ0n) is 16.4. The van der Waals surface area contributed by atoms with Gasteiger partial charge in [0.2, 0.25) is 0 Å². The second-order valence-electron chi connectivity index (χ2n) is 8.05. The molecule has 0 spiro atoms. The highest BCUT2D eigenvalue weighted by molar-refractivity contribution is 5.82. The van der Waals surface area contributed by atoms with Crippen LogP contribution in [0.5, 0.6) is 0 Å². The SMILES string of the molecule is O=C(NC1CC1)[C@H](c1ccccc1)[NH+]1CC[NH+](C/C=C/c2ccccc2)CC1. The van der Waals surface area contributed by atoms with Crippen LogP contribution in [0.4, 0.5) is 0 Å². The molecule has 2 fully saturated rings. The summed E-state index contributed by atoms with van der Waals surface area (Å²) in [5.74, 6) is 0.205. The van der Waals surface area contributed by atoms with Crippen molar-refractivity contribution >= 4 is 12.0 Å². The Morgan fingerprint density at radius 2 is 1.61 bits per heavy atom. The normalized spacial score (nSPS) is 23.4. The fraction of sp³-hybridized carbons (Fsp3) is 0.375. The van der Waals surface area contributed by atoms with Gasteiger partial charge in [0.1, 0.15) is 26.2 Å². The zero-order valence-corrected chi connectivity index (χ0v) is 16.4. The third kappa shape index (κ3) is 5.09. The Morgan fingerprint density at radius 1 is 0.964 bits per heavy atom. The minimum atomic E-state index is -0.0804. The molecule has 2 aromatic carbocycles. The molecule has 1 amide bonds. The summed E-state index contributed by atoms with van der Waals surface area (Å²) in [6.07, 6.45) is 6.76. The van der Waals surface area contributed by atoms with Gasteiger partial charge in [-0.15, -0.1) is 0 Å². The summed E-state index contributed by atoms with van der Waals surface area (Å²) in [6, 6.07) is 21.1. The van der Waals surface area contributed by atoms with Gasteiger partial charge in [-0.1, -0.05) is 66.7 Å². The predicted octanol–water partition coefficient (Wildman–Crippen LogP) is 0.503. The molecule has 28 heavy (non-hydrogen) atoms. The van der Waals surface area contributed by atoms with Gasteiger partial charge in [0.15, 0.2) is 6.04 Å². The number of amides is 1. The first-order valence-corrected chi connectivity index (χ1v) is 10.5. The van der Waals surface area contributed by atoms with Crippen LogP contribution in [0.3, 0.4) is 0 Å². The predicted molar refractivity (Wildman–Crippen MR) is 112 cm³/mol. The van der Waals surface area contributed by atoms with Crippen LogP contribution in [0, 0.1) is 0 Å². The Hall–Kier alpha value is -2.43. The summed E-state index contributed by atoms with van der Waals surface area (Å²) in [6.45, 7) is 5.33. The molecule has 4 rings (SSSR count). The smallest absolute Gasteiger partial charge is 0.283 e. The lowest BCUT2D eigenvalue weighted by molar-refractivity contribution is -1.02. The highest BCUT2D eigenvalue weighted by Crippen LogP contribution is 2.20. The van der Waals surface area contributed by atoms with Gasteiger partial charge in [0, 0.05) is 11.6 Å². The lowest BCUT2D eigenvalue weighted by Gasteiger charge is -2.33. The molecule has 1 saturated carbocycles. The molecule has 4 heteroatoms. The molecule has 2 aliphatic rings. The molecule has 3 N–H and O–H groups in total. The van der Waals surface area contributed by atoms with Gasteiger partial charge in [-0.2, -0.15) is 0 Å².